The fourth-order valence-electron chi connectivity index (χ4n) is 1.89. The lowest BCUT2D eigenvalue weighted by Crippen LogP contribution is -2.08. The number of nitrogens with zero attached hydrogens (tertiary/aromatic N) is 1. The van der Waals surface area contributed by atoms with Crippen molar-refractivity contribution >= 4 is 27.5 Å². The number of ether oxygens (including phenoxy) is 1. The van der Waals surface area contributed by atoms with E-state index in [1.165, 1.54) is 11.0 Å². The second-order valence-electron chi connectivity index (χ2n) is 4.10. The largest absolute Gasteiger partial charge is 0.433 e. The molecule has 1 aliphatic heterocycles. The molecule has 0 radical (unpaired) electrons. The topological polar surface area (TPSA) is 39.2 Å². The van der Waals surface area contributed by atoms with Gasteiger partial charge < -0.3 is 4.74 Å². The highest BCUT2D eigenvalue weighted by Gasteiger charge is 2.26. The molecule has 2 heterocycles. The minimum atomic E-state index is -0.171. The summed E-state index contributed by atoms with van der Waals surface area (Å²) >= 11 is 1.68. The van der Waals surface area contributed by atoms with Crippen molar-refractivity contribution in [1.82, 2.24) is 4.98 Å². The standard InChI is InChI=1S/C8H6O2.C7H5NS/c9-8-7-4-2-1-3-6(7)5-10-8;1-2-4-7-6(3-1)8-5-9-7/h1-5,7H;1-5H. The zero-order chi connectivity index (χ0) is 13.1. The van der Waals surface area contributed by atoms with Gasteiger partial charge in [0.05, 0.1) is 22.0 Å². The fourth-order valence-corrected chi connectivity index (χ4v) is 2.57. The van der Waals surface area contributed by atoms with Crippen LogP contribution in [0.1, 0.15) is 0 Å². The Morgan fingerprint density at radius 1 is 1.21 bits per heavy atom. The van der Waals surface area contributed by atoms with Gasteiger partial charge in [0.1, 0.15) is 5.92 Å². The van der Waals surface area contributed by atoms with Crippen LogP contribution < -0.4 is 0 Å². The number of carbonyl (C=O) groups excluding carboxylic acids is 1. The number of esters is 1. The predicted octanol–water partition coefficient (Wildman–Crippen LogP) is 3.47. The summed E-state index contributed by atoms with van der Waals surface area (Å²) in [5, 5.41) is 0. The van der Waals surface area contributed by atoms with E-state index in [0.717, 1.165) is 11.1 Å². The number of hydrogen-bond acceptors (Lipinski definition) is 4. The van der Waals surface area contributed by atoms with Gasteiger partial charge in [0, 0.05) is 5.57 Å². The number of cyclic esters (lactones) is 1. The van der Waals surface area contributed by atoms with Crippen LogP contribution in [0, 0.1) is 5.92 Å². The molecule has 0 fully saturated rings. The summed E-state index contributed by atoms with van der Waals surface area (Å²) in [7, 11) is 0. The number of thiazole rings is 1. The van der Waals surface area contributed by atoms with Gasteiger partial charge in [-0.15, -0.1) is 11.3 Å². The molecule has 0 N–H and O–H groups in total. The van der Waals surface area contributed by atoms with Gasteiger partial charge in [0.15, 0.2) is 0 Å². The third-order valence-corrected chi connectivity index (χ3v) is 3.67. The van der Waals surface area contributed by atoms with E-state index in [1.54, 1.807) is 11.3 Å². The Hall–Kier alpha value is -2.20. The van der Waals surface area contributed by atoms with Crippen molar-refractivity contribution in [3.05, 3.63) is 65.9 Å². The molecule has 3 nitrogen and oxygen atoms in total. The summed E-state index contributed by atoms with van der Waals surface area (Å²) in [5.41, 5.74) is 3.92. The fraction of sp³-hybridized carbons (Fsp3) is 0.0667. The van der Waals surface area contributed by atoms with Crippen LogP contribution in [-0.2, 0) is 9.53 Å². The molecule has 4 heteroatoms. The normalized spacial score (nSPS) is 19.5. The monoisotopic (exact) mass is 269 g/mol. The van der Waals surface area contributed by atoms with Gasteiger partial charge in [-0.1, -0.05) is 36.4 Å². The van der Waals surface area contributed by atoms with Crippen LogP contribution in [0.25, 0.3) is 10.2 Å². The van der Waals surface area contributed by atoms with Crippen LogP contribution in [0.2, 0.25) is 0 Å². The first-order valence-electron chi connectivity index (χ1n) is 5.88. The molecule has 1 unspecified atom stereocenters. The molecular formula is C15H11NO2S. The van der Waals surface area contributed by atoms with Crippen molar-refractivity contribution in [3.8, 4) is 0 Å². The summed E-state index contributed by atoms with van der Waals surface area (Å²) in [6.07, 6.45) is 8.97. The van der Waals surface area contributed by atoms with Gasteiger partial charge >= 0.3 is 5.97 Å². The minimum Gasteiger partial charge on any atom is -0.433 e. The summed E-state index contributed by atoms with van der Waals surface area (Å²) < 4.78 is 5.96. The molecule has 1 aromatic carbocycles. The van der Waals surface area contributed by atoms with Gasteiger partial charge in [0.2, 0.25) is 0 Å². The van der Waals surface area contributed by atoms with Crippen LogP contribution in [0.5, 0.6) is 0 Å². The van der Waals surface area contributed by atoms with Crippen molar-refractivity contribution in [2.45, 2.75) is 0 Å². The lowest BCUT2D eigenvalue weighted by molar-refractivity contribution is -0.137. The second-order valence-corrected chi connectivity index (χ2v) is 4.98. The Balaban J connectivity index is 0.000000117. The van der Waals surface area contributed by atoms with E-state index in [4.69, 9.17) is 4.74 Å². The summed E-state index contributed by atoms with van der Waals surface area (Å²) in [5.74, 6) is -0.305. The quantitative estimate of drug-likeness (QED) is 0.687. The maximum Gasteiger partial charge on any atom is 0.322 e. The van der Waals surface area contributed by atoms with Crippen molar-refractivity contribution < 1.29 is 9.53 Å². The zero-order valence-corrected chi connectivity index (χ0v) is 10.8. The molecule has 1 atom stereocenters. The molecule has 0 bridgehead atoms. The zero-order valence-electron chi connectivity index (χ0n) is 10.0. The Morgan fingerprint density at radius 3 is 2.95 bits per heavy atom. The maximum absolute atomic E-state index is 10.8. The Labute approximate surface area is 114 Å². The van der Waals surface area contributed by atoms with Gasteiger partial charge in [-0.3, -0.25) is 4.79 Å². The summed E-state index contributed by atoms with van der Waals surface area (Å²) in [6.45, 7) is 0. The number of para-hydroxylation sites is 1. The smallest absolute Gasteiger partial charge is 0.322 e. The molecule has 19 heavy (non-hydrogen) atoms. The maximum atomic E-state index is 10.8. The van der Waals surface area contributed by atoms with Crippen molar-refractivity contribution in [2.24, 2.45) is 5.92 Å². The van der Waals surface area contributed by atoms with Crippen molar-refractivity contribution in [3.63, 3.8) is 0 Å². The number of aromatic nitrogens is 1. The molecule has 0 amide bonds. The van der Waals surface area contributed by atoms with E-state index in [2.05, 4.69) is 11.1 Å². The molecular weight excluding hydrogens is 258 g/mol. The van der Waals surface area contributed by atoms with Crippen LogP contribution in [0.3, 0.4) is 0 Å². The number of benzene rings is 1. The first-order valence-corrected chi connectivity index (χ1v) is 6.76. The third kappa shape index (κ3) is 2.48. The molecule has 1 aromatic heterocycles. The van der Waals surface area contributed by atoms with E-state index < -0.39 is 0 Å². The van der Waals surface area contributed by atoms with E-state index in [0.29, 0.717) is 0 Å². The van der Waals surface area contributed by atoms with E-state index in [-0.39, 0.29) is 11.9 Å². The van der Waals surface area contributed by atoms with E-state index >= 15 is 0 Å². The Kier molecular flexibility index (Phi) is 3.25. The lowest BCUT2D eigenvalue weighted by Gasteiger charge is -2.03. The highest BCUT2D eigenvalue weighted by atomic mass is 32.1. The molecule has 0 saturated carbocycles. The van der Waals surface area contributed by atoms with Crippen LogP contribution in [-0.4, -0.2) is 11.0 Å². The SMILES string of the molecule is O=C1OC=C2C=CC=CC12.c1ccc2scnc2c1. The molecule has 2 aliphatic rings. The van der Waals surface area contributed by atoms with Gasteiger partial charge in [-0.25, -0.2) is 4.98 Å². The van der Waals surface area contributed by atoms with Crippen LogP contribution in [0.15, 0.2) is 65.9 Å². The Bertz CT molecular complexity index is 667. The van der Waals surface area contributed by atoms with Crippen molar-refractivity contribution in [2.75, 3.05) is 0 Å². The number of rotatable bonds is 0. The van der Waals surface area contributed by atoms with Gasteiger partial charge in [-0.2, -0.15) is 0 Å². The van der Waals surface area contributed by atoms with Crippen molar-refractivity contribution in [1.29, 1.82) is 0 Å². The highest BCUT2D eigenvalue weighted by Crippen LogP contribution is 2.25. The number of carbonyl (C=O) groups is 1. The average Bonchev–Trinajstić information content (AvgIpc) is 3.07. The van der Waals surface area contributed by atoms with Crippen LogP contribution >= 0.6 is 11.3 Å². The minimum absolute atomic E-state index is 0.134. The summed E-state index contributed by atoms with van der Waals surface area (Å²) in [4.78, 5) is 15.0. The highest BCUT2D eigenvalue weighted by molar-refractivity contribution is 7.16. The number of allylic oxidation sites excluding steroid dienone is 3. The van der Waals surface area contributed by atoms with E-state index in [1.807, 2.05) is 48.0 Å². The number of hydrogen-bond donors (Lipinski definition) is 0. The van der Waals surface area contributed by atoms with Crippen LogP contribution in [0.4, 0.5) is 0 Å². The summed E-state index contributed by atoms with van der Waals surface area (Å²) in [6, 6.07) is 8.13. The van der Waals surface area contributed by atoms with Gasteiger partial charge in [0.25, 0.3) is 0 Å². The molecule has 0 saturated heterocycles. The first-order chi connectivity index (χ1) is 9.34. The van der Waals surface area contributed by atoms with E-state index in [9.17, 15) is 4.79 Å². The molecule has 94 valence electrons. The second kappa shape index (κ2) is 5.20. The molecule has 1 aliphatic carbocycles. The molecule has 4 rings (SSSR count). The Morgan fingerprint density at radius 2 is 2.11 bits per heavy atom. The third-order valence-electron chi connectivity index (χ3n) is 2.86. The average molecular weight is 269 g/mol. The molecule has 2 aromatic rings. The lowest BCUT2D eigenvalue weighted by atomic mass is 9.98. The molecule has 0 spiro atoms. The predicted molar refractivity (Wildman–Crippen MR) is 75.6 cm³/mol. The number of fused-ring (bicyclic) bond motifs is 2. The first kappa shape index (κ1) is 11.9. The van der Waals surface area contributed by atoms with Gasteiger partial charge in [-0.05, 0) is 12.1 Å².